The molecule has 288 valence electrons. The number of hydrogen-bond acceptors (Lipinski definition) is 1. The van der Waals surface area contributed by atoms with Crippen LogP contribution in [0.15, 0.2) is 206 Å². The van der Waals surface area contributed by atoms with Gasteiger partial charge < -0.3 is 4.90 Å². The van der Waals surface area contributed by atoms with Gasteiger partial charge in [-0.1, -0.05) is 183 Å². The molecule has 1 unspecified atom stereocenters. The zero-order chi connectivity index (χ0) is 40.5. The summed E-state index contributed by atoms with van der Waals surface area (Å²) in [6, 6.07) is 71.4. The molecule has 0 amide bonds. The van der Waals surface area contributed by atoms with Gasteiger partial charge in [-0.25, -0.2) is 0 Å². The summed E-state index contributed by atoms with van der Waals surface area (Å²) in [4.78, 5) is 2.52. The quantitative estimate of drug-likeness (QED) is 0.172. The number of fused-ring (bicyclic) bond motifs is 12. The van der Waals surface area contributed by atoms with E-state index < -0.39 is 5.41 Å². The van der Waals surface area contributed by atoms with Crippen LogP contribution in [0.4, 0.5) is 17.1 Å². The number of hydrogen-bond donors (Lipinski definition) is 0. The highest BCUT2D eigenvalue weighted by Gasteiger charge is 2.51. The van der Waals surface area contributed by atoms with E-state index >= 15 is 0 Å². The van der Waals surface area contributed by atoms with E-state index in [2.05, 4.69) is 219 Å². The van der Waals surface area contributed by atoms with Crippen molar-refractivity contribution < 1.29 is 0 Å². The van der Waals surface area contributed by atoms with Crippen LogP contribution in [0.25, 0.3) is 60.5 Å². The molecule has 0 aromatic heterocycles. The molecule has 1 heteroatoms. The molecule has 0 N–H and O–H groups in total. The summed E-state index contributed by atoms with van der Waals surface area (Å²) in [6.45, 7) is 4.86. The van der Waals surface area contributed by atoms with Crippen molar-refractivity contribution in [3.05, 3.63) is 239 Å². The maximum atomic E-state index is 2.55. The average molecular weight is 778 g/mol. The molecule has 1 spiro atoms. The Labute approximate surface area is 357 Å². The second-order valence-corrected chi connectivity index (χ2v) is 17.9. The molecule has 0 radical (unpaired) electrons. The predicted octanol–water partition coefficient (Wildman–Crippen LogP) is 15.9. The molecular formula is C60H43N. The van der Waals surface area contributed by atoms with Crippen LogP contribution in [0.2, 0.25) is 0 Å². The van der Waals surface area contributed by atoms with Gasteiger partial charge in [-0.15, -0.1) is 0 Å². The minimum absolute atomic E-state index is 0.0458. The topological polar surface area (TPSA) is 3.24 Å². The number of rotatable bonds is 4. The van der Waals surface area contributed by atoms with Crippen molar-refractivity contribution >= 4 is 44.2 Å². The van der Waals surface area contributed by atoms with Gasteiger partial charge in [-0.05, 0) is 143 Å². The summed E-state index contributed by atoms with van der Waals surface area (Å²) in [5.74, 6) is 0. The van der Waals surface area contributed by atoms with Crippen molar-refractivity contribution in [2.45, 2.75) is 37.5 Å². The van der Waals surface area contributed by atoms with Crippen LogP contribution in [0.1, 0.15) is 60.1 Å². The standard InChI is InChI=1S/C60H43N/c1-59(2)52-24-11-8-20-46(52)49-33-30-43(36-55(49)59)61(42-29-27-38-15-6-7-18-41(38)35-42)44-31-34-50-47-21-9-12-25-53(47)60(56(50)37-44)54-26-13-10-22-48(54)51-23-14-19-40-28-32-45(58(60)57(40)51)39-16-4-3-5-17-39/h3-10,12-23,25-37H,11,24H2,1-2H3. The highest BCUT2D eigenvalue weighted by atomic mass is 15.1. The normalized spacial score (nSPS) is 17.3. The molecule has 4 aliphatic rings. The second kappa shape index (κ2) is 12.6. The molecular weight excluding hydrogens is 735 g/mol. The van der Waals surface area contributed by atoms with Gasteiger partial charge in [0, 0.05) is 22.5 Å². The lowest BCUT2D eigenvalue weighted by Gasteiger charge is -2.41. The fraction of sp³-hybridized carbons (Fsp3) is 0.100. The third kappa shape index (κ3) is 4.67. The highest BCUT2D eigenvalue weighted by molar-refractivity contribution is 6.10. The maximum Gasteiger partial charge on any atom is 0.0732 e. The lowest BCUT2D eigenvalue weighted by molar-refractivity contribution is 0.607. The van der Waals surface area contributed by atoms with Crippen molar-refractivity contribution in [1.29, 1.82) is 0 Å². The molecule has 0 saturated heterocycles. The van der Waals surface area contributed by atoms with E-state index in [4.69, 9.17) is 0 Å². The summed E-state index contributed by atoms with van der Waals surface area (Å²) in [5, 5.41) is 5.09. The molecule has 9 aromatic carbocycles. The minimum atomic E-state index is -0.581. The van der Waals surface area contributed by atoms with Crippen LogP contribution in [-0.4, -0.2) is 0 Å². The van der Waals surface area contributed by atoms with E-state index in [1.165, 1.54) is 99.6 Å². The average Bonchev–Trinajstić information content (AvgIpc) is 3.73. The first-order valence-electron chi connectivity index (χ1n) is 21.8. The highest BCUT2D eigenvalue weighted by Crippen LogP contribution is 2.64. The third-order valence-corrected chi connectivity index (χ3v) is 14.6. The first kappa shape index (κ1) is 34.6. The van der Waals surface area contributed by atoms with Gasteiger partial charge in [0.25, 0.3) is 0 Å². The fourth-order valence-electron chi connectivity index (χ4n) is 11.9. The summed E-state index contributed by atoms with van der Waals surface area (Å²) < 4.78 is 0. The van der Waals surface area contributed by atoms with Crippen LogP contribution in [0.3, 0.4) is 0 Å². The maximum absolute atomic E-state index is 2.55. The molecule has 4 aliphatic carbocycles. The first-order chi connectivity index (χ1) is 30.0. The van der Waals surface area contributed by atoms with E-state index in [1.807, 2.05) is 0 Å². The van der Waals surface area contributed by atoms with Crippen LogP contribution in [-0.2, 0) is 10.8 Å². The molecule has 13 rings (SSSR count). The molecule has 0 saturated carbocycles. The molecule has 0 fully saturated rings. The van der Waals surface area contributed by atoms with E-state index in [0.29, 0.717) is 0 Å². The van der Waals surface area contributed by atoms with Crippen LogP contribution >= 0.6 is 0 Å². The van der Waals surface area contributed by atoms with Crippen LogP contribution < -0.4 is 4.90 Å². The Morgan fingerprint density at radius 3 is 1.80 bits per heavy atom. The molecule has 9 aromatic rings. The monoisotopic (exact) mass is 777 g/mol. The Kier molecular flexibility index (Phi) is 7.18. The first-order valence-corrected chi connectivity index (χ1v) is 21.8. The fourth-order valence-corrected chi connectivity index (χ4v) is 11.9. The number of benzene rings is 9. The van der Waals surface area contributed by atoms with Gasteiger partial charge in [-0.2, -0.15) is 0 Å². The molecule has 0 aliphatic heterocycles. The lowest BCUT2D eigenvalue weighted by atomic mass is 9.60. The lowest BCUT2D eigenvalue weighted by Crippen LogP contribution is -2.32. The van der Waals surface area contributed by atoms with Crippen LogP contribution in [0.5, 0.6) is 0 Å². The third-order valence-electron chi connectivity index (χ3n) is 14.6. The number of nitrogens with zero attached hydrogens (tertiary/aromatic N) is 1. The largest absolute Gasteiger partial charge is 0.310 e. The van der Waals surface area contributed by atoms with Crippen molar-refractivity contribution in [2.75, 3.05) is 4.90 Å². The van der Waals surface area contributed by atoms with Gasteiger partial charge in [0.1, 0.15) is 0 Å². The summed E-state index contributed by atoms with van der Waals surface area (Å²) in [5.41, 5.74) is 21.7. The smallest absolute Gasteiger partial charge is 0.0732 e. The van der Waals surface area contributed by atoms with Crippen molar-refractivity contribution in [3.63, 3.8) is 0 Å². The van der Waals surface area contributed by atoms with Gasteiger partial charge in [0.2, 0.25) is 0 Å². The minimum Gasteiger partial charge on any atom is -0.310 e. The zero-order valence-electron chi connectivity index (χ0n) is 34.4. The SMILES string of the molecule is CC1(C)C2=C(C=CCC2)c2ccc(N(c3ccc4c(c3)C3(c5ccccc5-4)c4ccccc4-c4cccc5ccc(-c6ccccc6)c3c45)c3ccc4ccccc4c3)cc21. The predicted molar refractivity (Wildman–Crippen MR) is 256 cm³/mol. The Morgan fingerprint density at radius 2 is 1.00 bits per heavy atom. The van der Waals surface area contributed by atoms with Gasteiger partial charge in [-0.3, -0.25) is 0 Å². The Hall–Kier alpha value is -7.22. The molecule has 0 heterocycles. The zero-order valence-corrected chi connectivity index (χ0v) is 34.4. The van der Waals surface area contributed by atoms with E-state index in [1.54, 1.807) is 5.57 Å². The van der Waals surface area contributed by atoms with E-state index in [9.17, 15) is 0 Å². The summed E-state index contributed by atoms with van der Waals surface area (Å²) in [6.07, 6.45) is 6.95. The van der Waals surface area contributed by atoms with E-state index in [-0.39, 0.29) is 5.41 Å². The Morgan fingerprint density at radius 1 is 0.426 bits per heavy atom. The molecule has 1 atom stereocenters. The Bertz CT molecular complexity index is 3400. The van der Waals surface area contributed by atoms with Crippen molar-refractivity contribution in [2.24, 2.45) is 0 Å². The van der Waals surface area contributed by atoms with Crippen molar-refractivity contribution in [1.82, 2.24) is 0 Å². The van der Waals surface area contributed by atoms with Gasteiger partial charge in [0.05, 0.1) is 5.41 Å². The van der Waals surface area contributed by atoms with Gasteiger partial charge in [0.15, 0.2) is 0 Å². The number of anilines is 3. The number of allylic oxidation sites excluding steroid dienone is 4. The van der Waals surface area contributed by atoms with Crippen molar-refractivity contribution in [3.8, 4) is 33.4 Å². The molecule has 1 nitrogen and oxygen atoms in total. The Balaban J connectivity index is 1.12. The molecule has 0 bridgehead atoms. The van der Waals surface area contributed by atoms with E-state index in [0.717, 1.165) is 24.2 Å². The molecule has 61 heavy (non-hydrogen) atoms. The summed E-state index contributed by atoms with van der Waals surface area (Å²) >= 11 is 0. The van der Waals surface area contributed by atoms with Crippen LogP contribution in [0, 0.1) is 0 Å². The second-order valence-electron chi connectivity index (χ2n) is 17.9. The van der Waals surface area contributed by atoms with Gasteiger partial charge >= 0.3 is 0 Å². The summed E-state index contributed by atoms with van der Waals surface area (Å²) in [7, 11) is 0.